The van der Waals surface area contributed by atoms with Crippen molar-refractivity contribution in [1.82, 2.24) is 10.2 Å². The van der Waals surface area contributed by atoms with Crippen LogP contribution in [-0.4, -0.2) is 31.1 Å². The summed E-state index contributed by atoms with van der Waals surface area (Å²) >= 11 is 3.42. The molecule has 1 atom stereocenters. The molecule has 1 N–H and O–H groups in total. The molecule has 134 valence electrons. The Balaban J connectivity index is 2.02. The molecule has 0 spiro atoms. The van der Waals surface area contributed by atoms with Gasteiger partial charge in [-0.2, -0.15) is 13.2 Å². The van der Waals surface area contributed by atoms with Gasteiger partial charge in [0.15, 0.2) is 0 Å². The van der Waals surface area contributed by atoms with Crippen LogP contribution in [0.25, 0.3) is 0 Å². The molecule has 2 aromatic rings. The fourth-order valence-corrected chi connectivity index (χ4v) is 3.53. The summed E-state index contributed by atoms with van der Waals surface area (Å²) in [5.74, 6) is 0. The largest absolute Gasteiger partial charge is 0.416 e. The molecule has 1 aliphatic heterocycles. The third-order valence-corrected chi connectivity index (χ3v) is 4.98. The quantitative estimate of drug-likeness (QED) is 0.774. The number of rotatable bonds is 3. The Hall–Kier alpha value is -1.37. The highest BCUT2D eigenvalue weighted by Crippen LogP contribution is 2.35. The predicted molar refractivity (Wildman–Crippen MR) is 96.5 cm³/mol. The smallest absolute Gasteiger partial charge is 0.315 e. The molecule has 1 heterocycles. The van der Waals surface area contributed by atoms with E-state index in [0.29, 0.717) is 5.56 Å². The van der Waals surface area contributed by atoms with Gasteiger partial charge in [-0.25, -0.2) is 0 Å². The summed E-state index contributed by atoms with van der Waals surface area (Å²) in [7, 11) is 0. The molecular formula is C19H20BrF3N2. The Labute approximate surface area is 154 Å². The zero-order chi connectivity index (χ0) is 17.9. The minimum Gasteiger partial charge on any atom is -0.315 e. The SMILES string of the molecule is FC(F)(F)c1cccc(C(c2ccc(Br)cc2)N2CCCNCC2)c1. The summed E-state index contributed by atoms with van der Waals surface area (Å²) in [5.41, 5.74) is 1.09. The van der Waals surface area contributed by atoms with E-state index >= 15 is 0 Å². The van der Waals surface area contributed by atoms with E-state index in [1.807, 2.05) is 24.3 Å². The van der Waals surface area contributed by atoms with Crippen LogP contribution in [0.15, 0.2) is 53.0 Å². The van der Waals surface area contributed by atoms with Crippen molar-refractivity contribution in [3.8, 4) is 0 Å². The summed E-state index contributed by atoms with van der Waals surface area (Å²) < 4.78 is 40.4. The molecule has 2 nitrogen and oxygen atoms in total. The molecule has 0 radical (unpaired) electrons. The Morgan fingerprint density at radius 1 is 0.960 bits per heavy atom. The second-order valence-corrected chi connectivity index (χ2v) is 7.13. The Morgan fingerprint density at radius 2 is 1.72 bits per heavy atom. The van der Waals surface area contributed by atoms with Crippen LogP contribution < -0.4 is 5.32 Å². The first-order valence-corrected chi connectivity index (χ1v) is 9.12. The van der Waals surface area contributed by atoms with Gasteiger partial charge in [0.2, 0.25) is 0 Å². The van der Waals surface area contributed by atoms with Crippen molar-refractivity contribution in [3.63, 3.8) is 0 Å². The van der Waals surface area contributed by atoms with Crippen molar-refractivity contribution >= 4 is 15.9 Å². The number of alkyl halides is 3. The monoisotopic (exact) mass is 412 g/mol. The van der Waals surface area contributed by atoms with Crippen LogP contribution in [-0.2, 0) is 6.18 Å². The molecule has 0 amide bonds. The van der Waals surface area contributed by atoms with Crippen molar-refractivity contribution in [1.29, 1.82) is 0 Å². The van der Waals surface area contributed by atoms with E-state index in [-0.39, 0.29) is 6.04 Å². The fraction of sp³-hybridized carbons (Fsp3) is 0.368. The van der Waals surface area contributed by atoms with E-state index in [1.54, 1.807) is 6.07 Å². The van der Waals surface area contributed by atoms with E-state index in [0.717, 1.165) is 48.7 Å². The first-order chi connectivity index (χ1) is 11.9. The van der Waals surface area contributed by atoms with E-state index < -0.39 is 11.7 Å². The van der Waals surface area contributed by atoms with Crippen LogP contribution in [0.4, 0.5) is 13.2 Å². The predicted octanol–water partition coefficient (Wildman–Crippen LogP) is 4.85. The molecule has 0 bridgehead atoms. The molecule has 3 rings (SSSR count). The van der Waals surface area contributed by atoms with Gasteiger partial charge in [0, 0.05) is 24.1 Å². The van der Waals surface area contributed by atoms with Crippen molar-refractivity contribution < 1.29 is 13.2 Å². The molecule has 1 aliphatic rings. The van der Waals surface area contributed by atoms with E-state index in [9.17, 15) is 13.2 Å². The Morgan fingerprint density at radius 3 is 2.44 bits per heavy atom. The third kappa shape index (κ3) is 4.63. The maximum Gasteiger partial charge on any atom is 0.416 e. The van der Waals surface area contributed by atoms with Gasteiger partial charge in [0.1, 0.15) is 0 Å². The van der Waals surface area contributed by atoms with E-state index in [4.69, 9.17) is 0 Å². The highest BCUT2D eigenvalue weighted by atomic mass is 79.9. The molecule has 0 aromatic heterocycles. The van der Waals surface area contributed by atoms with Crippen LogP contribution >= 0.6 is 15.9 Å². The van der Waals surface area contributed by atoms with Gasteiger partial charge in [-0.05, 0) is 48.4 Å². The summed E-state index contributed by atoms with van der Waals surface area (Å²) in [6.45, 7) is 3.43. The molecule has 2 aromatic carbocycles. The lowest BCUT2D eigenvalue weighted by molar-refractivity contribution is -0.137. The number of halogens is 4. The second-order valence-electron chi connectivity index (χ2n) is 6.22. The van der Waals surface area contributed by atoms with Crippen LogP contribution in [0, 0.1) is 0 Å². The average molecular weight is 413 g/mol. The van der Waals surface area contributed by atoms with Gasteiger partial charge in [0.25, 0.3) is 0 Å². The van der Waals surface area contributed by atoms with Crippen LogP contribution in [0.1, 0.15) is 29.2 Å². The number of hydrogen-bond donors (Lipinski definition) is 1. The van der Waals surface area contributed by atoms with Gasteiger partial charge in [-0.1, -0.05) is 40.2 Å². The minimum atomic E-state index is -4.33. The van der Waals surface area contributed by atoms with Gasteiger partial charge in [0.05, 0.1) is 11.6 Å². The van der Waals surface area contributed by atoms with Gasteiger partial charge in [-0.15, -0.1) is 0 Å². The zero-order valence-corrected chi connectivity index (χ0v) is 15.3. The standard InChI is InChI=1S/C19H20BrF3N2/c20-17-7-5-14(6-8-17)18(25-11-2-9-24-10-12-25)15-3-1-4-16(13-15)19(21,22)23/h1,3-8,13,18,24H,2,9-12H2. The number of hydrogen-bond acceptors (Lipinski definition) is 2. The molecule has 6 heteroatoms. The minimum absolute atomic E-state index is 0.185. The second kappa shape index (κ2) is 7.89. The van der Waals surface area contributed by atoms with E-state index in [1.165, 1.54) is 12.1 Å². The molecule has 25 heavy (non-hydrogen) atoms. The van der Waals surface area contributed by atoms with Gasteiger partial charge < -0.3 is 5.32 Å². The van der Waals surface area contributed by atoms with Crippen molar-refractivity contribution in [3.05, 3.63) is 69.7 Å². The molecule has 1 saturated heterocycles. The Kier molecular flexibility index (Phi) is 5.81. The lowest BCUT2D eigenvalue weighted by Crippen LogP contribution is -2.33. The van der Waals surface area contributed by atoms with Crippen molar-refractivity contribution in [2.45, 2.75) is 18.6 Å². The van der Waals surface area contributed by atoms with Crippen LogP contribution in [0.5, 0.6) is 0 Å². The summed E-state index contributed by atoms with van der Waals surface area (Å²) in [6, 6.07) is 13.4. The first-order valence-electron chi connectivity index (χ1n) is 8.32. The molecule has 1 unspecified atom stereocenters. The maximum absolute atomic E-state index is 13.2. The molecule has 0 saturated carbocycles. The lowest BCUT2D eigenvalue weighted by Gasteiger charge is -2.31. The average Bonchev–Trinajstić information content (AvgIpc) is 2.86. The van der Waals surface area contributed by atoms with Gasteiger partial charge in [-0.3, -0.25) is 4.90 Å². The summed E-state index contributed by atoms with van der Waals surface area (Å²) in [5, 5.41) is 3.35. The third-order valence-electron chi connectivity index (χ3n) is 4.46. The zero-order valence-electron chi connectivity index (χ0n) is 13.7. The number of benzene rings is 2. The lowest BCUT2D eigenvalue weighted by atomic mass is 9.95. The fourth-order valence-electron chi connectivity index (χ4n) is 3.27. The first kappa shape index (κ1) is 18.4. The maximum atomic E-state index is 13.2. The number of nitrogens with one attached hydrogen (secondary N) is 1. The topological polar surface area (TPSA) is 15.3 Å². The Bertz CT molecular complexity index is 693. The van der Waals surface area contributed by atoms with Gasteiger partial charge >= 0.3 is 6.18 Å². The highest BCUT2D eigenvalue weighted by Gasteiger charge is 2.32. The molecular weight excluding hydrogens is 393 g/mol. The van der Waals surface area contributed by atoms with Crippen molar-refractivity contribution in [2.24, 2.45) is 0 Å². The molecule has 0 aliphatic carbocycles. The summed E-state index contributed by atoms with van der Waals surface area (Å²) in [4.78, 5) is 2.26. The molecule has 1 fully saturated rings. The van der Waals surface area contributed by atoms with E-state index in [2.05, 4.69) is 26.1 Å². The number of nitrogens with zero attached hydrogens (tertiary/aromatic N) is 1. The highest BCUT2D eigenvalue weighted by molar-refractivity contribution is 9.10. The normalized spacial score (nSPS) is 17.9. The van der Waals surface area contributed by atoms with Crippen LogP contribution in [0.2, 0.25) is 0 Å². The van der Waals surface area contributed by atoms with Crippen LogP contribution in [0.3, 0.4) is 0 Å². The van der Waals surface area contributed by atoms with Crippen molar-refractivity contribution in [2.75, 3.05) is 26.2 Å². The summed E-state index contributed by atoms with van der Waals surface area (Å²) in [6.07, 6.45) is -3.35.